The number of carbonyl (C=O) groups is 1. The normalized spacial score (nSPS) is 12.4. The van der Waals surface area contributed by atoms with E-state index in [1.807, 2.05) is 67.8 Å². The van der Waals surface area contributed by atoms with Gasteiger partial charge in [-0.05, 0) is 54.6 Å². The lowest BCUT2D eigenvalue weighted by atomic mass is 10.1. The fraction of sp³-hybridized carbons (Fsp3) is 0.240. The molecule has 0 saturated carbocycles. The molecule has 3 rings (SSSR count). The molecule has 1 amide bonds. The van der Waals surface area contributed by atoms with Crippen LogP contribution in [-0.2, 0) is 21.4 Å². The number of benzene rings is 3. The number of hydrogen-bond donors (Lipinski definition) is 1. The van der Waals surface area contributed by atoms with Crippen LogP contribution in [0.25, 0.3) is 0 Å². The van der Waals surface area contributed by atoms with Crippen molar-refractivity contribution < 1.29 is 17.9 Å². The summed E-state index contributed by atoms with van der Waals surface area (Å²) in [6.07, 6.45) is 2.00. The van der Waals surface area contributed by atoms with E-state index in [4.69, 9.17) is 16.3 Å². The standard InChI is InChI=1S/C25H27ClN2O4S2/c1-18(20-9-11-21(33-3)12-10-20)27-25(29)17-28(16-19-7-5-4-6-8-19)34(30,31)22-13-14-24(32-2)23(26)15-22/h4-15,18H,16-17H2,1-3H3,(H,27,29)/t18-/m0/s1. The summed E-state index contributed by atoms with van der Waals surface area (Å²) in [7, 11) is -2.57. The number of ether oxygens (including phenoxy) is 1. The van der Waals surface area contributed by atoms with Crippen molar-refractivity contribution in [3.8, 4) is 5.75 Å². The van der Waals surface area contributed by atoms with Gasteiger partial charge >= 0.3 is 0 Å². The largest absolute Gasteiger partial charge is 0.495 e. The van der Waals surface area contributed by atoms with Gasteiger partial charge in [-0.15, -0.1) is 11.8 Å². The third-order valence-corrected chi connectivity index (χ3v) is 8.10. The van der Waals surface area contributed by atoms with Crippen molar-refractivity contribution in [2.75, 3.05) is 19.9 Å². The summed E-state index contributed by atoms with van der Waals surface area (Å²) >= 11 is 7.81. The first-order chi connectivity index (χ1) is 16.2. The van der Waals surface area contributed by atoms with Gasteiger partial charge in [0.25, 0.3) is 0 Å². The van der Waals surface area contributed by atoms with Crippen LogP contribution in [0, 0.1) is 0 Å². The van der Waals surface area contributed by atoms with Gasteiger partial charge in [-0.2, -0.15) is 4.31 Å². The van der Waals surface area contributed by atoms with Crippen LogP contribution in [0.2, 0.25) is 5.02 Å². The van der Waals surface area contributed by atoms with Gasteiger partial charge in [-0.1, -0.05) is 54.1 Å². The lowest BCUT2D eigenvalue weighted by Crippen LogP contribution is -2.41. The third-order valence-electron chi connectivity index (χ3n) is 5.28. The van der Waals surface area contributed by atoms with Crippen LogP contribution in [-0.4, -0.2) is 38.5 Å². The summed E-state index contributed by atoms with van der Waals surface area (Å²) in [5.41, 5.74) is 1.70. The number of sulfonamides is 1. The van der Waals surface area contributed by atoms with Crippen molar-refractivity contribution >= 4 is 39.3 Å². The number of methoxy groups -OCH3 is 1. The minimum atomic E-state index is -4.02. The number of hydrogen-bond acceptors (Lipinski definition) is 5. The number of amides is 1. The summed E-state index contributed by atoms with van der Waals surface area (Å²) in [6.45, 7) is 1.57. The highest BCUT2D eigenvalue weighted by atomic mass is 35.5. The number of thioether (sulfide) groups is 1. The van der Waals surface area contributed by atoms with E-state index in [1.165, 1.54) is 25.3 Å². The van der Waals surface area contributed by atoms with Gasteiger partial charge in [0.1, 0.15) is 5.75 Å². The van der Waals surface area contributed by atoms with Crippen LogP contribution in [0.3, 0.4) is 0 Å². The van der Waals surface area contributed by atoms with Crippen molar-refractivity contribution in [1.29, 1.82) is 0 Å². The van der Waals surface area contributed by atoms with Gasteiger partial charge in [0.05, 0.1) is 29.6 Å². The number of halogens is 1. The molecule has 3 aromatic carbocycles. The van der Waals surface area contributed by atoms with Gasteiger partial charge in [-0.25, -0.2) is 8.42 Å². The van der Waals surface area contributed by atoms with Crippen molar-refractivity contribution in [3.63, 3.8) is 0 Å². The zero-order valence-electron chi connectivity index (χ0n) is 19.2. The molecular weight excluding hydrogens is 492 g/mol. The highest BCUT2D eigenvalue weighted by molar-refractivity contribution is 7.98. The number of nitrogens with zero attached hydrogens (tertiary/aromatic N) is 1. The summed E-state index contributed by atoms with van der Waals surface area (Å²) < 4.78 is 33.3. The van der Waals surface area contributed by atoms with Crippen molar-refractivity contribution in [2.45, 2.75) is 29.3 Å². The van der Waals surface area contributed by atoms with E-state index in [-0.39, 0.29) is 29.0 Å². The molecular formula is C25H27ClN2O4S2. The van der Waals surface area contributed by atoms with E-state index < -0.39 is 15.9 Å². The van der Waals surface area contributed by atoms with Gasteiger partial charge in [0.2, 0.25) is 15.9 Å². The highest BCUT2D eigenvalue weighted by Crippen LogP contribution is 2.29. The Kier molecular flexibility index (Phi) is 9.02. The fourth-order valence-corrected chi connectivity index (χ4v) is 5.53. The first-order valence-corrected chi connectivity index (χ1v) is 13.6. The molecule has 0 aromatic heterocycles. The smallest absolute Gasteiger partial charge is 0.243 e. The molecule has 6 nitrogen and oxygen atoms in total. The molecule has 9 heteroatoms. The molecule has 0 heterocycles. The maximum Gasteiger partial charge on any atom is 0.243 e. The molecule has 0 aliphatic heterocycles. The molecule has 0 aliphatic rings. The van der Waals surface area contributed by atoms with Crippen molar-refractivity contribution in [3.05, 3.63) is 88.9 Å². The van der Waals surface area contributed by atoms with Crippen LogP contribution in [0.4, 0.5) is 0 Å². The highest BCUT2D eigenvalue weighted by Gasteiger charge is 2.28. The molecule has 34 heavy (non-hydrogen) atoms. The molecule has 0 unspecified atom stereocenters. The Bertz CT molecular complexity index is 1220. The number of carbonyl (C=O) groups excluding carboxylic acids is 1. The SMILES string of the molecule is COc1ccc(S(=O)(=O)N(CC(=O)N[C@@H](C)c2ccc(SC)cc2)Cc2ccccc2)cc1Cl. The zero-order valence-corrected chi connectivity index (χ0v) is 21.6. The van der Waals surface area contributed by atoms with E-state index in [9.17, 15) is 13.2 Å². The second-order valence-corrected chi connectivity index (χ2v) is 10.8. The Balaban J connectivity index is 1.83. The zero-order chi connectivity index (χ0) is 24.7. The molecule has 3 aromatic rings. The Morgan fingerprint density at radius 1 is 1.09 bits per heavy atom. The second kappa shape index (κ2) is 11.8. The monoisotopic (exact) mass is 518 g/mol. The van der Waals surface area contributed by atoms with Gasteiger partial charge < -0.3 is 10.1 Å². The number of nitrogens with one attached hydrogen (secondary N) is 1. The predicted octanol–water partition coefficient (Wildman–Crippen LogP) is 5.14. The molecule has 1 atom stereocenters. The van der Waals surface area contributed by atoms with Gasteiger partial charge in [0.15, 0.2) is 0 Å². The predicted molar refractivity (Wildman–Crippen MR) is 137 cm³/mol. The lowest BCUT2D eigenvalue weighted by Gasteiger charge is -2.23. The van der Waals surface area contributed by atoms with E-state index in [0.29, 0.717) is 5.75 Å². The lowest BCUT2D eigenvalue weighted by molar-refractivity contribution is -0.122. The molecule has 0 saturated heterocycles. The Morgan fingerprint density at radius 3 is 2.35 bits per heavy atom. The molecule has 1 N–H and O–H groups in total. The quantitative estimate of drug-likeness (QED) is 0.376. The molecule has 180 valence electrons. The van der Waals surface area contributed by atoms with Gasteiger partial charge in [0, 0.05) is 11.4 Å². The molecule has 0 spiro atoms. The average Bonchev–Trinajstić information content (AvgIpc) is 2.84. The topological polar surface area (TPSA) is 75.7 Å². The van der Waals surface area contributed by atoms with E-state index in [1.54, 1.807) is 11.8 Å². The summed E-state index contributed by atoms with van der Waals surface area (Å²) in [5, 5.41) is 3.08. The minimum absolute atomic E-state index is 0.0114. The van der Waals surface area contributed by atoms with Gasteiger partial charge in [-0.3, -0.25) is 4.79 Å². The van der Waals surface area contributed by atoms with E-state index >= 15 is 0 Å². The Labute approximate surface area is 210 Å². The summed E-state index contributed by atoms with van der Waals surface area (Å²) in [5.74, 6) is -0.0326. The second-order valence-electron chi connectivity index (χ2n) is 7.62. The Morgan fingerprint density at radius 2 is 1.76 bits per heavy atom. The van der Waals surface area contributed by atoms with Crippen LogP contribution >= 0.6 is 23.4 Å². The maximum absolute atomic E-state index is 13.5. The molecule has 0 radical (unpaired) electrons. The summed E-state index contributed by atoms with van der Waals surface area (Å²) in [6, 6.07) is 21.0. The van der Waals surface area contributed by atoms with Crippen molar-refractivity contribution in [2.24, 2.45) is 0 Å². The van der Waals surface area contributed by atoms with E-state index in [0.717, 1.165) is 20.3 Å². The van der Waals surface area contributed by atoms with Crippen LogP contribution in [0.1, 0.15) is 24.1 Å². The third kappa shape index (κ3) is 6.54. The fourth-order valence-electron chi connectivity index (χ4n) is 3.39. The van der Waals surface area contributed by atoms with Crippen LogP contribution in [0.5, 0.6) is 5.75 Å². The summed E-state index contributed by atoms with van der Waals surface area (Å²) in [4.78, 5) is 14.0. The molecule has 0 fully saturated rings. The van der Waals surface area contributed by atoms with Crippen LogP contribution < -0.4 is 10.1 Å². The van der Waals surface area contributed by atoms with E-state index in [2.05, 4.69) is 5.32 Å². The first kappa shape index (κ1) is 26.1. The van der Waals surface area contributed by atoms with Crippen molar-refractivity contribution in [1.82, 2.24) is 9.62 Å². The molecule has 0 bridgehead atoms. The molecule has 0 aliphatic carbocycles. The maximum atomic E-state index is 13.5. The van der Waals surface area contributed by atoms with Crippen LogP contribution in [0.15, 0.2) is 82.6 Å². The Hall–Kier alpha value is -2.52. The average molecular weight is 519 g/mol. The number of rotatable bonds is 10. The first-order valence-electron chi connectivity index (χ1n) is 10.6. The minimum Gasteiger partial charge on any atom is -0.495 e.